The van der Waals surface area contributed by atoms with Crippen molar-refractivity contribution >= 4 is 29.3 Å². The summed E-state index contributed by atoms with van der Waals surface area (Å²) in [6.45, 7) is 5.00. The zero-order valence-electron chi connectivity index (χ0n) is 15.4. The number of Topliss-reactive ketones (excluding diaryl/α,β-unsaturated/α-hetero) is 1. The number of carbonyl (C=O) groups excluding carboxylic acids is 3. The summed E-state index contributed by atoms with van der Waals surface area (Å²) in [5.41, 5.74) is 1.03. The van der Waals surface area contributed by atoms with Crippen LogP contribution >= 0.6 is 11.6 Å². The predicted molar refractivity (Wildman–Crippen MR) is 99.6 cm³/mol. The summed E-state index contributed by atoms with van der Waals surface area (Å²) >= 11 is 5.90. The molecule has 1 aromatic heterocycles. The Balaban J connectivity index is 2.37. The molecule has 0 fully saturated rings. The highest BCUT2D eigenvalue weighted by molar-refractivity contribution is 6.30. The SMILES string of the molecule is CCOC(=O)C(Cc1cc(C(C)=O)c(-c2ccc(Cl)cc2)o1)C(=O)OCC. The van der Waals surface area contributed by atoms with Crippen molar-refractivity contribution in [3.05, 3.63) is 46.7 Å². The Morgan fingerprint density at radius 3 is 2.07 bits per heavy atom. The minimum Gasteiger partial charge on any atom is -0.465 e. The second kappa shape index (κ2) is 9.37. The number of carbonyl (C=O) groups is 3. The molecule has 0 aliphatic carbocycles. The van der Waals surface area contributed by atoms with E-state index in [1.54, 1.807) is 38.1 Å². The summed E-state index contributed by atoms with van der Waals surface area (Å²) in [5.74, 6) is -2.06. The van der Waals surface area contributed by atoms with Crippen LogP contribution < -0.4 is 0 Å². The Bertz CT molecular complexity index is 803. The fourth-order valence-electron chi connectivity index (χ4n) is 2.57. The number of esters is 2. The molecule has 1 heterocycles. The number of hydrogen-bond donors (Lipinski definition) is 0. The fraction of sp³-hybridized carbons (Fsp3) is 0.350. The third-order valence-corrected chi connectivity index (χ3v) is 4.07. The van der Waals surface area contributed by atoms with Gasteiger partial charge < -0.3 is 13.9 Å². The molecule has 0 radical (unpaired) electrons. The Morgan fingerprint density at radius 1 is 1.04 bits per heavy atom. The zero-order valence-corrected chi connectivity index (χ0v) is 16.2. The molecule has 2 aromatic rings. The van der Waals surface area contributed by atoms with Crippen LogP contribution in [0.1, 0.15) is 36.9 Å². The average Bonchev–Trinajstić information content (AvgIpc) is 3.05. The Labute approximate surface area is 162 Å². The summed E-state index contributed by atoms with van der Waals surface area (Å²) in [4.78, 5) is 36.3. The van der Waals surface area contributed by atoms with Gasteiger partial charge >= 0.3 is 11.9 Å². The Morgan fingerprint density at radius 2 is 1.59 bits per heavy atom. The van der Waals surface area contributed by atoms with Crippen molar-refractivity contribution in [1.82, 2.24) is 0 Å². The van der Waals surface area contributed by atoms with Crippen molar-refractivity contribution in [2.24, 2.45) is 5.92 Å². The molecule has 2 rings (SSSR count). The molecule has 0 aliphatic rings. The first-order valence-electron chi connectivity index (χ1n) is 8.60. The van der Waals surface area contributed by atoms with E-state index >= 15 is 0 Å². The second-order valence-corrected chi connectivity index (χ2v) is 6.22. The van der Waals surface area contributed by atoms with Crippen LogP contribution in [0.25, 0.3) is 11.3 Å². The maximum absolute atomic E-state index is 12.2. The van der Waals surface area contributed by atoms with E-state index in [9.17, 15) is 14.4 Å². The first-order chi connectivity index (χ1) is 12.9. The first-order valence-corrected chi connectivity index (χ1v) is 8.98. The van der Waals surface area contributed by atoms with Gasteiger partial charge in [-0.05, 0) is 51.1 Å². The van der Waals surface area contributed by atoms with Crippen LogP contribution in [0.5, 0.6) is 0 Å². The van der Waals surface area contributed by atoms with Crippen molar-refractivity contribution in [3.63, 3.8) is 0 Å². The van der Waals surface area contributed by atoms with Gasteiger partial charge in [-0.3, -0.25) is 14.4 Å². The molecule has 0 unspecified atom stereocenters. The molecule has 0 atom stereocenters. The van der Waals surface area contributed by atoms with Crippen molar-refractivity contribution < 1.29 is 28.3 Å². The van der Waals surface area contributed by atoms with Crippen molar-refractivity contribution in [2.45, 2.75) is 27.2 Å². The fourth-order valence-corrected chi connectivity index (χ4v) is 2.70. The molecular formula is C20H21ClO6. The van der Waals surface area contributed by atoms with E-state index in [-0.39, 0.29) is 25.4 Å². The lowest BCUT2D eigenvalue weighted by atomic mass is 10.0. The lowest BCUT2D eigenvalue weighted by Crippen LogP contribution is -2.29. The van der Waals surface area contributed by atoms with Gasteiger partial charge in [0.1, 0.15) is 11.5 Å². The van der Waals surface area contributed by atoms with E-state index in [4.69, 9.17) is 25.5 Å². The zero-order chi connectivity index (χ0) is 20.0. The summed E-state index contributed by atoms with van der Waals surface area (Å²) < 4.78 is 15.7. The van der Waals surface area contributed by atoms with Gasteiger partial charge in [-0.25, -0.2) is 0 Å². The monoisotopic (exact) mass is 392 g/mol. The number of halogens is 1. The summed E-state index contributed by atoms with van der Waals surface area (Å²) in [6, 6.07) is 8.36. The molecule has 0 bridgehead atoms. The second-order valence-electron chi connectivity index (χ2n) is 5.78. The maximum atomic E-state index is 12.2. The minimum atomic E-state index is -1.16. The molecule has 1 aromatic carbocycles. The molecule has 0 saturated heterocycles. The van der Waals surface area contributed by atoms with Gasteiger partial charge in [0.15, 0.2) is 11.7 Å². The van der Waals surface area contributed by atoms with E-state index in [2.05, 4.69) is 0 Å². The molecule has 7 heteroatoms. The third-order valence-electron chi connectivity index (χ3n) is 3.82. The number of rotatable bonds is 8. The van der Waals surface area contributed by atoms with Gasteiger partial charge in [0, 0.05) is 17.0 Å². The van der Waals surface area contributed by atoms with Gasteiger partial charge in [-0.15, -0.1) is 0 Å². The van der Waals surface area contributed by atoms with E-state index in [1.807, 2.05) is 0 Å². The minimum absolute atomic E-state index is 0.0640. The highest BCUT2D eigenvalue weighted by Crippen LogP contribution is 2.30. The highest BCUT2D eigenvalue weighted by atomic mass is 35.5. The van der Waals surface area contributed by atoms with E-state index in [1.165, 1.54) is 13.0 Å². The van der Waals surface area contributed by atoms with E-state index in [0.29, 0.717) is 27.7 Å². The van der Waals surface area contributed by atoms with Crippen LogP contribution in [0.3, 0.4) is 0 Å². The Hall–Kier alpha value is -2.60. The molecule has 144 valence electrons. The average molecular weight is 393 g/mol. The number of furan rings is 1. The normalized spacial score (nSPS) is 10.7. The number of benzene rings is 1. The quantitative estimate of drug-likeness (QED) is 0.382. The predicted octanol–water partition coefficient (Wildman–Crippen LogP) is 4.09. The standard InChI is InChI=1S/C20H21ClO6/c1-4-25-19(23)17(20(24)26-5-2)11-15-10-16(12(3)22)18(27-15)13-6-8-14(21)9-7-13/h6-10,17H,4-5,11H2,1-3H3. The van der Waals surface area contributed by atoms with Gasteiger partial charge in [-0.2, -0.15) is 0 Å². The van der Waals surface area contributed by atoms with Crippen molar-refractivity contribution in [2.75, 3.05) is 13.2 Å². The van der Waals surface area contributed by atoms with Crippen LogP contribution in [-0.4, -0.2) is 30.9 Å². The third kappa shape index (κ3) is 5.20. The summed E-state index contributed by atoms with van der Waals surface area (Å²) in [6.07, 6.45) is -0.0640. The van der Waals surface area contributed by atoms with Crippen molar-refractivity contribution in [1.29, 1.82) is 0 Å². The maximum Gasteiger partial charge on any atom is 0.320 e. The molecule has 0 spiro atoms. The largest absolute Gasteiger partial charge is 0.465 e. The molecule has 27 heavy (non-hydrogen) atoms. The highest BCUT2D eigenvalue weighted by Gasteiger charge is 2.32. The topological polar surface area (TPSA) is 82.8 Å². The lowest BCUT2D eigenvalue weighted by Gasteiger charge is -2.13. The lowest BCUT2D eigenvalue weighted by molar-refractivity contribution is -0.161. The number of hydrogen-bond acceptors (Lipinski definition) is 6. The smallest absolute Gasteiger partial charge is 0.320 e. The van der Waals surface area contributed by atoms with Gasteiger partial charge in [-0.1, -0.05) is 11.6 Å². The van der Waals surface area contributed by atoms with Gasteiger partial charge in [0.2, 0.25) is 0 Å². The molecule has 0 N–H and O–H groups in total. The number of ether oxygens (including phenoxy) is 2. The van der Waals surface area contributed by atoms with Gasteiger partial charge in [0.05, 0.1) is 18.8 Å². The molecule has 0 amide bonds. The van der Waals surface area contributed by atoms with Crippen LogP contribution in [0.2, 0.25) is 5.02 Å². The molecule has 6 nitrogen and oxygen atoms in total. The molecule has 0 saturated carbocycles. The van der Waals surface area contributed by atoms with Crippen LogP contribution in [0.15, 0.2) is 34.7 Å². The van der Waals surface area contributed by atoms with Crippen LogP contribution in [-0.2, 0) is 25.5 Å². The summed E-state index contributed by atoms with van der Waals surface area (Å²) in [7, 11) is 0. The Kier molecular flexibility index (Phi) is 7.19. The molecule has 0 aliphatic heterocycles. The molecular weight excluding hydrogens is 372 g/mol. The summed E-state index contributed by atoms with van der Waals surface area (Å²) in [5, 5.41) is 0.555. The van der Waals surface area contributed by atoms with Crippen LogP contribution in [0.4, 0.5) is 0 Å². The number of ketones is 1. The van der Waals surface area contributed by atoms with E-state index < -0.39 is 17.9 Å². The first kappa shape index (κ1) is 20.7. The van der Waals surface area contributed by atoms with E-state index in [0.717, 1.165) is 0 Å². The van der Waals surface area contributed by atoms with Gasteiger partial charge in [0.25, 0.3) is 0 Å². The van der Waals surface area contributed by atoms with Crippen LogP contribution in [0, 0.1) is 5.92 Å². The van der Waals surface area contributed by atoms with Crippen molar-refractivity contribution in [3.8, 4) is 11.3 Å².